The highest BCUT2D eigenvalue weighted by Gasteiger charge is 2.26. The molecule has 0 aromatic heterocycles. The van der Waals surface area contributed by atoms with Crippen LogP contribution in [0.25, 0.3) is 6.08 Å². The summed E-state index contributed by atoms with van der Waals surface area (Å²) in [4.78, 5) is 37.2. The number of nitro benzene ring substituents is 2. The lowest BCUT2D eigenvalue weighted by Crippen LogP contribution is -2.06. The van der Waals surface area contributed by atoms with Crippen LogP contribution in [0.4, 0.5) is 11.4 Å². The van der Waals surface area contributed by atoms with E-state index in [1.54, 1.807) is 13.0 Å². The highest BCUT2D eigenvalue weighted by atomic mass is 16.6. The third-order valence-corrected chi connectivity index (χ3v) is 3.99. The Bertz CT molecular complexity index is 1070. The summed E-state index contributed by atoms with van der Waals surface area (Å²) < 4.78 is 10.3. The third-order valence-electron chi connectivity index (χ3n) is 3.99. The van der Waals surface area contributed by atoms with Gasteiger partial charge in [0.25, 0.3) is 11.4 Å². The number of methoxy groups -OCH3 is 1. The smallest absolute Gasteiger partial charge is 0.363 e. The first-order chi connectivity index (χ1) is 13.3. The second-order valence-corrected chi connectivity index (χ2v) is 5.78. The first kappa shape index (κ1) is 18.7. The standard InChI is InChI=1S/C18H13N3O7/c1-10-3-4-11(9-15(10)21(25)26)17-19-14(18(22)28-17)8-12-7-13(20(23)24)5-6-16(12)27-2/h3-9H,1-2H3/b14-8-. The normalized spacial score (nSPS) is 14.6. The molecule has 0 atom stereocenters. The Balaban J connectivity index is 2.03. The van der Waals surface area contributed by atoms with E-state index in [2.05, 4.69) is 4.99 Å². The maximum atomic E-state index is 12.2. The summed E-state index contributed by atoms with van der Waals surface area (Å²) in [5.41, 5.74) is 0.558. The predicted molar refractivity (Wildman–Crippen MR) is 98.1 cm³/mol. The molecular formula is C18H13N3O7. The Hall–Kier alpha value is -4.08. The van der Waals surface area contributed by atoms with Crippen LogP contribution in [0, 0.1) is 27.2 Å². The van der Waals surface area contributed by atoms with Crippen molar-refractivity contribution in [3.8, 4) is 5.75 Å². The molecule has 0 unspecified atom stereocenters. The number of hydrogen-bond donors (Lipinski definition) is 0. The predicted octanol–water partition coefficient (Wildman–Crippen LogP) is 3.16. The number of nitrogens with zero attached hydrogens (tertiary/aromatic N) is 3. The highest BCUT2D eigenvalue weighted by molar-refractivity contribution is 6.13. The molecule has 1 aliphatic heterocycles. The van der Waals surface area contributed by atoms with E-state index >= 15 is 0 Å². The minimum atomic E-state index is -0.785. The lowest BCUT2D eigenvalue weighted by Gasteiger charge is -2.04. The fourth-order valence-corrected chi connectivity index (χ4v) is 2.57. The molecule has 0 N–H and O–H groups in total. The summed E-state index contributed by atoms with van der Waals surface area (Å²) in [5.74, 6) is -0.573. The van der Waals surface area contributed by atoms with Crippen LogP contribution in [0.5, 0.6) is 5.75 Å². The van der Waals surface area contributed by atoms with Crippen LogP contribution in [0.3, 0.4) is 0 Å². The molecule has 0 amide bonds. The maximum absolute atomic E-state index is 12.2. The number of nitro groups is 2. The van der Waals surface area contributed by atoms with Crippen molar-refractivity contribution in [3.05, 3.63) is 79.0 Å². The molecule has 1 heterocycles. The van der Waals surface area contributed by atoms with Crippen molar-refractivity contribution < 1.29 is 24.1 Å². The number of hydrogen-bond acceptors (Lipinski definition) is 8. The molecular weight excluding hydrogens is 370 g/mol. The molecule has 2 aromatic carbocycles. The first-order valence-electron chi connectivity index (χ1n) is 7.90. The molecule has 10 heteroatoms. The molecule has 1 aliphatic rings. The number of benzene rings is 2. The van der Waals surface area contributed by atoms with E-state index in [1.807, 2.05) is 0 Å². The zero-order valence-electron chi connectivity index (χ0n) is 14.7. The van der Waals surface area contributed by atoms with Crippen LogP contribution in [0.1, 0.15) is 16.7 Å². The van der Waals surface area contributed by atoms with Crippen LogP contribution in [0.15, 0.2) is 47.1 Å². The maximum Gasteiger partial charge on any atom is 0.363 e. The van der Waals surface area contributed by atoms with E-state index in [4.69, 9.17) is 9.47 Å². The van der Waals surface area contributed by atoms with Crippen molar-refractivity contribution in [1.82, 2.24) is 0 Å². The second-order valence-electron chi connectivity index (χ2n) is 5.78. The Kier molecular flexibility index (Phi) is 4.86. The number of carbonyl (C=O) groups is 1. The molecule has 0 fully saturated rings. The summed E-state index contributed by atoms with van der Waals surface area (Å²) in [6.45, 7) is 1.59. The SMILES string of the molecule is COc1ccc([N+](=O)[O-])cc1/C=C1\N=C(c2ccc(C)c([N+](=O)[O-])c2)OC1=O. The minimum Gasteiger partial charge on any atom is -0.496 e. The number of non-ortho nitro benzene ring substituents is 1. The van der Waals surface area contributed by atoms with E-state index in [9.17, 15) is 25.0 Å². The van der Waals surface area contributed by atoms with Crippen LogP contribution < -0.4 is 4.74 Å². The van der Waals surface area contributed by atoms with E-state index in [-0.39, 0.29) is 34.1 Å². The third kappa shape index (κ3) is 3.56. The molecule has 0 saturated carbocycles. The Morgan fingerprint density at radius 3 is 2.50 bits per heavy atom. The van der Waals surface area contributed by atoms with Crippen LogP contribution in [-0.2, 0) is 9.53 Å². The Labute approximate surface area is 158 Å². The first-order valence-corrected chi connectivity index (χ1v) is 7.90. The van der Waals surface area contributed by atoms with Crippen molar-refractivity contribution in [2.45, 2.75) is 6.92 Å². The molecule has 0 bridgehead atoms. The Morgan fingerprint density at radius 2 is 1.86 bits per heavy atom. The van der Waals surface area contributed by atoms with Crippen molar-refractivity contribution in [2.24, 2.45) is 4.99 Å². The minimum absolute atomic E-state index is 0.0938. The number of cyclic esters (lactones) is 1. The number of esters is 1. The van der Waals surface area contributed by atoms with Crippen LogP contribution >= 0.6 is 0 Å². The average Bonchev–Trinajstić information content (AvgIpc) is 3.02. The van der Waals surface area contributed by atoms with Gasteiger partial charge in [-0.3, -0.25) is 20.2 Å². The number of ether oxygens (including phenoxy) is 2. The monoisotopic (exact) mass is 383 g/mol. The van der Waals surface area contributed by atoms with Gasteiger partial charge in [0.2, 0.25) is 5.90 Å². The van der Waals surface area contributed by atoms with E-state index in [0.29, 0.717) is 11.3 Å². The average molecular weight is 383 g/mol. The van der Waals surface area contributed by atoms with Gasteiger partial charge >= 0.3 is 5.97 Å². The zero-order chi connectivity index (χ0) is 20.4. The van der Waals surface area contributed by atoms with Gasteiger partial charge in [0.05, 0.1) is 17.0 Å². The van der Waals surface area contributed by atoms with Crippen molar-refractivity contribution >= 4 is 29.3 Å². The molecule has 28 heavy (non-hydrogen) atoms. The molecule has 142 valence electrons. The summed E-state index contributed by atoms with van der Waals surface area (Å²) >= 11 is 0. The van der Waals surface area contributed by atoms with Gasteiger partial charge in [-0.15, -0.1) is 0 Å². The van der Waals surface area contributed by atoms with E-state index in [0.717, 1.165) is 0 Å². The van der Waals surface area contributed by atoms with Gasteiger partial charge in [-0.1, -0.05) is 6.07 Å². The number of carbonyl (C=O) groups excluding carboxylic acids is 1. The molecule has 0 saturated heterocycles. The zero-order valence-corrected chi connectivity index (χ0v) is 14.7. The molecule has 0 spiro atoms. The summed E-state index contributed by atoms with van der Waals surface area (Å²) in [6, 6.07) is 8.24. The van der Waals surface area contributed by atoms with Crippen LogP contribution in [0.2, 0.25) is 0 Å². The van der Waals surface area contributed by atoms with Gasteiger partial charge in [0, 0.05) is 34.9 Å². The second kappa shape index (κ2) is 7.27. The van der Waals surface area contributed by atoms with Gasteiger partial charge in [-0.25, -0.2) is 9.79 Å². The van der Waals surface area contributed by atoms with Gasteiger partial charge in [0.15, 0.2) is 5.70 Å². The fourth-order valence-electron chi connectivity index (χ4n) is 2.57. The summed E-state index contributed by atoms with van der Waals surface area (Å²) in [6.07, 6.45) is 1.30. The molecule has 0 aliphatic carbocycles. The molecule has 2 aromatic rings. The lowest BCUT2D eigenvalue weighted by molar-refractivity contribution is -0.385. The van der Waals surface area contributed by atoms with E-state index < -0.39 is 15.8 Å². The van der Waals surface area contributed by atoms with Crippen molar-refractivity contribution in [2.75, 3.05) is 7.11 Å². The number of rotatable bonds is 5. The lowest BCUT2D eigenvalue weighted by atomic mass is 10.1. The summed E-state index contributed by atoms with van der Waals surface area (Å²) in [5, 5.41) is 22.1. The topological polar surface area (TPSA) is 134 Å². The van der Waals surface area contributed by atoms with Gasteiger partial charge in [0.1, 0.15) is 5.75 Å². The van der Waals surface area contributed by atoms with Crippen molar-refractivity contribution in [3.63, 3.8) is 0 Å². The Morgan fingerprint density at radius 1 is 1.11 bits per heavy atom. The van der Waals surface area contributed by atoms with Gasteiger partial charge in [-0.2, -0.15) is 0 Å². The highest BCUT2D eigenvalue weighted by Crippen LogP contribution is 2.29. The fraction of sp³-hybridized carbons (Fsp3) is 0.111. The number of aliphatic imine (C=N–C) groups is 1. The van der Waals surface area contributed by atoms with Crippen LogP contribution in [-0.4, -0.2) is 28.8 Å². The largest absolute Gasteiger partial charge is 0.496 e. The molecule has 0 radical (unpaired) electrons. The number of aryl methyl sites for hydroxylation is 1. The van der Waals surface area contributed by atoms with Crippen molar-refractivity contribution in [1.29, 1.82) is 0 Å². The van der Waals surface area contributed by atoms with E-state index in [1.165, 1.54) is 43.5 Å². The van der Waals surface area contributed by atoms with Gasteiger partial charge in [-0.05, 0) is 25.1 Å². The molecule has 10 nitrogen and oxygen atoms in total. The molecule has 3 rings (SSSR count). The quantitative estimate of drug-likeness (QED) is 0.335. The summed E-state index contributed by atoms with van der Waals surface area (Å²) in [7, 11) is 1.39. The van der Waals surface area contributed by atoms with Gasteiger partial charge < -0.3 is 9.47 Å².